The lowest BCUT2D eigenvalue weighted by Gasteiger charge is -2.10. The normalized spacial score (nSPS) is 10.6. The van der Waals surface area contributed by atoms with Gasteiger partial charge in [0.05, 0.1) is 32.6 Å². The molecule has 0 atom stereocenters. The van der Waals surface area contributed by atoms with Crippen molar-refractivity contribution >= 4 is 35.6 Å². The Morgan fingerprint density at radius 3 is 2.85 bits per heavy atom. The fourth-order valence-electron chi connectivity index (χ4n) is 1.42. The maximum absolute atomic E-state index is 5.78. The van der Waals surface area contributed by atoms with Crippen LogP contribution in [0.3, 0.4) is 0 Å². The zero-order valence-corrected chi connectivity index (χ0v) is 14.0. The molecule has 1 rings (SSSR count). The molecule has 0 aliphatic rings. The van der Waals surface area contributed by atoms with Gasteiger partial charge in [0.2, 0.25) is 0 Å². The molecule has 0 heterocycles. The van der Waals surface area contributed by atoms with Crippen molar-refractivity contribution in [3.8, 4) is 5.75 Å². The van der Waals surface area contributed by atoms with Crippen molar-refractivity contribution in [3.05, 3.63) is 36.9 Å². The zero-order chi connectivity index (χ0) is 13.9. The van der Waals surface area contributed by atoms with Crippen LogP contribution in [0.2, 0.25) is 0 Å². The summed E-state index contributed by atoms with van der Waals surface area (Å²) < 4.78 is 10.5. The summed E-state index contributed by atoms with van der Waals surface area (Å²) in [6.07, 6.45) is 2.67. The number of nitrogens with two attached hydrogens (primary N) is 1. The number of benzene rings is 1. The molecule has 1 aromatic rings. The summed E-state index contributed by atoms with van der Waals surface area (Å²) in [6.45, 7) is 5.35. The largest absolute Gasteiger partial charge is 0.495 e. The van der Waals surface area contributed by atoms with Crippen LogP contribution in [0, 0.1) is 0 Å². The van der Waals surface area contributed by atoms with Crippen LogP contribution in [-0.4, -0.2) is 32.8 Å². The quantitative estimate of drug-likeness (QED) is 0.235. The summed E-state index contributed by atoms with van der Waals surface area (Å²) in [7, 11) is 1.61. The van der Waals surface area contributed by atoms with E-state index in [1.807, 2.05) is 30.3 Å². The zero-order valence-electron chi connectivity index (χ0n) is 11.7. The summed E-state index contributed by atoms with van der Waals surface area (Å²) >= 11 is 0. The van der Waals surface area contributed by atoms with E-state index in [2.05, 4.69) is 16.9 Å². The van der Waals surface area contributed by atoms with Gasteiger partial charge in [0.15, 0.2) is 5.96 Å². The first-order valence-corrected chi connectivity index (χ1v) is 6.16. The van der Waals surface area contributed by atoms with Crippen molar-refractivity contribution in [1.29, 1.82) is 0 Å². The first kappa shape index (κ1) is 18.7. The van der Waals surface area contributed by atoms with Gasteiger partial charge in [0.1, 0.15) is 5.75 Å². The monoisotopic (exact) mass is 391 g/mol. The molecule has 0 bridgehead atoms. The summed E-state index contributed by atoms with van der Waals surface area (Å²) in [4.78, 5) is 4.17. The van der Waals surface area contributed by atoms with Crippen LogP contribution in [0.1, 0.15) is 6.42 Å². The van der Waals surface area contributed by atoms with Crippen molar-refractivity contribution < 1.29 is 9.47 Å². The van der Waals surface area contributed by atoms with Crippen LogP contribution < -0.4 is 15.8 Å². The Morgan fingerprint density at radius 1 is 1.40 bits per heavy atom. The fraction of sp³-hybridized carbons (Fsp3) is 0.357. The van der Waals surface area contributed by atoms with Crippen LogP contribution in [-0.2, 0) is 4.74 Å². The van der Waals surface area contributed by atoms with Crippen LogP contribution in [0.15, 0.2) is 41.9 Å². The Balaban J connectivity index is 0.00000361. The SMILES string of the molecule is C=CCCOCCN=C(N)Nc1ccccc1OC.I. The molecule has 112 valence electrons. The van der Waals surface area contributed by atoms with Crippen molar-refractivity contribution in [2.75, 3.05) is 32.2 Å². The topological polar surface area (TPSA) is 68.9 Å². The Labute approximate surface area is 137 Å². The van der Waals surface area contributed by atoms with Crippen molar-refractivity contribution in [2.45, 2.75) is 6.42 Å². The number of hydrogen-bond donors (Lipinski definition) is 2. The molecular weight excluding hydrogens is 369 g/mol. The van der Waals surface area contributed by atoms with E-state index >= 15 is 0 Å². The number of ether oxygens (including phenoxy) is 2. The van der Waals surface area contributed by atoms with E-state index in [-0.39, 0.29) is 24.0 Å². The standard InChI is InChI=1S/C14H21N3O2.HI/c1-3-4-10-19-11-9-16-14(15)17-12-7-5-6-8-13(12)18-2;/h3,5-8H,1,4,9-11H2,2H3,(H3,15,16,17);1H. The summed E-state index contributed by atoms with van der Waals surface area (Å²) in [5, 5.41) is 2.99. The third kappa shape index (κ3) is 7.34. The minimum atomic E-state index is 0. The lowest BCUT2D eigenvalue weighted by molar-refractivity contribution is 0.146. The lowest BCUT2D eigenvalue weighted by atomic mass is 10.3. The Bertz CT molecular complexity index is 425. The number of hydrogen-bond acceptors (Lipinski definition) is 3. The molecule has 0 fully saturated rings. The van der Waals surface area contributed by atoms with Gasteiger partial charge in [-0.3, -0.25) is 4.99 Å². The van der Waals surface area contributed by atoms with Crippen molar-refractivity contribution in [1.82, 2.24) is 0 Å². The third-order valence-corrected chi connectivity index (χ3v) is 2.35. The number of anilines is 1. The average Bonchev–Trinajstić information content (AvgIpc) is 2.43. The number of nitrogens with zero attached hydrogens (tertiary/aromatic N) is 1. The van der Waals surface area contributed by atoms with E-state index in [1.165, 1.54) is 0 Å². The molecule has 5 nitrogen and oxygen atoms in total. The molecule has 0 amide bonds. The average molecular weight is 391 g/mol. The number of nitrogens with one attached hydrogen (secondary N) is 1. The molecule has 0 aromatic heterocycles. The predicted molar refractivity (Wildman–Crippen MR) is 94.2 cm³/mol. The van der Waals surface area contributed by atoms with Gasteiger partial charge in [0.25, 0.3) is 0 Å². The summed E-state index contributed by atoms with van der Waals surface area (Å²) in [5.74, 6) is 1.07. The summed E-state index contributed by atoms with van der Waals surface area (Å²) in [6, 6.07) is 7.52. The van der Waals surface area contributed by atoms with Gasteiger partial charge >= 0.3 is 0 Å². The van der Waals surface area contributed by atoms with Crippen molar-refractivity contribution in [2.24, 2.45) is 10.7 Å². The van der Waals surface area contributed by atoms with Gasteiger partial charge in [-0.05, 0) is 18.6 Å². The smallest absolute Gasteiger partial charge is 0.193 e. The van der Waals surface area contributed by atoms with E-state index < -0.39 is 0 Å². The molecule has 6 heteroatoms. The molecule has 0 aliphatic carbocycles. The first-order valence-electron chi connectivity index (χ1n) is 6.16. The van der Waals surface area contributed by atoms with Gasteiger partial charge in [-0.25, -0.2) is 0 Å². The minimum absolute atomic E-state index is 0. The predicted octanol–water partition coefficient (Wildman–Crippen LogP) is 2.63. The Hall–Kier alpha value is -1.28. The molecule has 0 spiro atoms. The van der Waals surface area contributed by atoms with Crippen LogP contribution in [0.25, 0.3) is 0 Å². The second kappa shape index (κ2) is 11.5. The molecule has 3 N–H and O–H groups in total. The minimum Gasteiger partial charge on any atom is -0.495 e. The second-order valence-corrected chi connectivity index (χ2v) is 3.78. The van der Waals surface area contributed by atoms with Crippen LogP contribution in [0.4, 0.5) is 5.69 Å². The highest BCUT2D eigenvalue weighted by Crippen LogP contribution is 2.22. The number of halogens is 1. The van der Waals surface area contributed by atoms with Gasteiger partial charge in [-0.1, -0.05) is 18.2 Å². The Kier molecular flexibility index (Phi) is 10.8. The third-order valence-electron chi connectivity index (χ3n) is 2.35. The first-order chi connectivity index (χ1) is 9.27. The number of methoxy groups -OCH3 is 1. The second-order valence-electron chi connectivity index (χ2n) is 3.78. The van der Waals surface area contributed by atoms with E-state index in [0.717, 1.165) is 17.9 Å². The van der Waals surface area contributed by atoms with Crippen LogP contribution >= 0.6 is 24.0 Å². The molecule has 1 aromatic carbocycles. The highest BCUT2D eigenvalue weighted by atomic mass is 127. The molecule has 0 saturated heterocycles. The van der Waals surface area contributed by atoms with Gasteiger partial charge < -0.3 is 20.5 Å². The van der Waals surface area contributed by atoms with Crippen LogP contribution in [0.5, 0.6) is 5.75 Å². The van der Waals surface area contributed by atoms with Gasteiger partial charge in [-0.2, -0.15) is 0 Å². The maximum atomic E-state index is 5.78. The fourth-order valence-corrected chi connectivity index (χ4v) is 1.42. The molecular formula is C14H22IN3O2. The highest BCUT2D eigenvalue weighted by molar-refractivity contribution is 14.0. The number of aliphatic imine (C=N–C) groups is 1. The molecule has 20 heavy (non-hydrogen) atoms. The van der Waals surface area contributed by atoms with E-state index in [4.69, 9.17) is 15.2 Å². The molecule has 0 saturated carbocycles. The number of para-hydroxylation sites is 2. The molecule has 0 unspecified atom stereocenters. The molecule has 0 radical (unpaired) electrons. The lowest BCUT2D eigenvalue weighted by Crippen LogP contribution is -2.23. The van der Waals surface area contributed by atoms with E-state index in [0.29, 0.717) is 25.7 Å². The number of guanidine groups is 1. The summed E-state index contributed by atoms with van der Waals surface area (Å²) in [5.41, 5.74) is 6.57. The highest BCUT2D eigenvalue weighted by Gasteiger charge is 2.01. The van der Waals surface area contributed by atoms with E-state index in [9.17, 15) is 0 Å². The maximum Gasteiger partial charge on any atom is 0.193 e. The van der Waals surface area contributed by atoms with Gasteiger partial charge in [-0.15, -0.1) is 30.6 Å². The number of rotatable bonds is 8. The molecule has 0 aliphatic heterocycles. The van der Waals surface area contributed by atoms with Gasteiger partial charge in [0, 0.05) is 0 Å². The van der Waals surface area contributed by atoms with E-state index in [1.54, 1.807) is 7.11 Å². The van der Waals surface area contributed by atoms with Crippen molar-refractivity contribution in [3.63, 3.8) is 0 Å². The Morgan fingerprint density at radius 2 is 2.15 bits per heavy atom.